The Balaban J connectivity index is 1.84. The van der Waals surface area contributed by atoms with Crippen LogP contribution >= 0.6 is 11.8 Å². The topological polar surface area (TPSA) is 77.4 Å². The number of aliphatic imine (C=N–C) groups is 1. The first-order chi connectivity index (χ1) is 12.1. The molecular formula is C17H16N2O5S. The summed E-state index contributed by atoms with van der Waals surface area (Å²) in [5.74, 6) is 1.01. The number of allylic oxidation sites excluding steroid dienone is 1. The molecule has 1 fully saturated rings. The average Bonchev–Trinajstić information content (AvgIpc) is 3.20. The highest BCUT2D eigenvalue weighted by atomic mass is 32.2. The molecule has 0 radical (unpaired) electrons. The maximum Gasteiger partial charge on any atom is 0.338 e. The summed E-state index contributed by atoms with van der Waals surface area (Å²) in [7, 11) is 0. The van der Waals surface area contributed by atoms with Crippen molar-refractivity contribution in [1.82, 2.24) is 4.90 Å². The molecule has 8 heteroatoms. The van der Waals surface area contributed by atoms with Crippen molar-refractivity contribution < 1.29 is 23.8 Å². The van der Waals surface area contributed by atoms with Crippen LogP contribution in [-0.4, -0.2) is 41.1 Å². The van der Waals surface area contributed by atoms with Crippen LogP contribution in [-0.2, 0) is 14.3 Å². The molecule has 130 valence electrons. The largest absolute Gasteiger partial charge is 0.463 e. The molecule has 0 aliphatic carbocycles. The van der Waals surface area contributed by atoms with Gasteiger partial charge in [0.15, 0.2) is 16.7 Å². The van der Waals surface area contributed by atoms with E-state index < -0.39 is 12.0 Å². The van der Waals surface area contributed by atoms with Crippen LogP contribution in [0.2, 0.25) is 0 Å². The van der Waals surface area contributed by atoms with E-state index in [9.17, 15) is 9.59 Å². The van der Waals surface area contributed by atoms with Crippen LogP contribution in [0, 0.1) is 0 Å². The van der Waals surface area contributed by atoms with Crippen LogP contribution in [0.5, 0.6) is 11.5 Å². The van der Waals surface area contributed by atoms with E-state index in [1.54, 1.807) is 30.9 Å². The summed E-state index contributed by atoms with van der Waals surface area (Å²) in [5.41, 5.74) is 1.70. The lowest BCUT2D eigenvalue weighted by Crippen LogP contribution is -2.39. The number of thioether (sulfide) groups is 1. The summed E-state index contributed by atoms with van der Waals surface area (Å²) < 4.78 is 16.0. The van der Waals surface area contributed by atoms with Crippen molar-refractivity contribution in [3.05, 3.63) is 35.0 Å². The van der Waals surface area contributed by atoms with Gasteiger partial charge in [-0.3, -0.25) is 9.69 Å². The molecule has 1 saturated heterocycles. The smallest absolute Gasteiger partial charge is 0.338 e. The van der Waals surface area contributed by atoms with Gasteiger partial charge in [-0.05, 0) is 31.5 Å². The fraction of sp³-hybridized carbons (Fsp3) is 0.353. The summed E-state index contributed by atoms with van der Waals surface area (Å²) in [4.78, 5) is 31.0. The van der Waals surface area contributed by atoms with Crippen LogP contribution in [0.1, 0.15) is 25.5 Å². The third-order valence-electron chi connectivity index (χ3n) is 4.19. The highest BCUT2D eigenvalue weighted by Gasteiger charge is 2.43. The van der Waals surface area contributed by atoms with Crippen molar-refractivity contribution in [1.29, 1.82) is 0 Å². The number of benzene rings is 1. The first-order valence-electron chi connectivity index (χ1n) is 7.91. The molecule has 3 heterocycles. The summed E-state index contributed by atoms with van der Waals surface area (Å²) in [5, 5.41) is 0.609. The number of amides is 1. The Morgan fingerprint density at radius 1 is 1.40 bits per heavy atom. The first kappa shape index (κ1) is 16.0. The molecule has 25 heavy (non-hydrogen) atoms. The monoisotopic (exact) mass is 360 g/mol. The Morgan fingerprint density at radius 2 is 2.20 bits per heavy atom. The van der Waals surface area contributed by atoms with Gasteiger partial charge in [0.05, 0.1) is 29.7 Å². The number of esters is 1. The van der Waals surface area contributed by atoms with E-state index >= 15 is 0 Å². The number of fused-ring (bicyclic) bond motifs is 2. The lowest BCUT2D eigenvalue weighted by molar-refractivity contribution is -0.139. The molecule has 7 nitrogen and oxygen atoms in total. The van der Waals surface area contributed by atoms with Crippen LogP contribution in [0.4, 0.5) is 0 Å². The number of nitrogens with zero attached hydrogens (tertiary/aromatic N) is 2. The van der Waals surface area contributed by atoms with Crippen molar-refractivity contribution in [3.63, 3.8) is 0 Å². The van der Waals surface area contributed by atoms with Gasteiger partial charge in [-0.2, -0.15) is 0 Å². The summed E-state index contributed by atoms with van der Waals surface area (Å²) in [6, 6.07) is 4.85. The van der Waals surface area contributed by atoms with E-state index in [1.807, 2.05) is 6.07 Å². The maximum atomic E-state index is 12.6. The molecule has 1 atom stereocenters. The zero-order chi connectivity index (χ0) is 17.6. The van der Waals surface area contributed by atoms with Gasteiger partial charge in [-0.25, -0.2) is 9.79 Å². The lowest BCUT2D eigenvalue weighted by Gasteiger charge is -2.32. The Morgan fingerprint density at radius 3 is 3.00 bits per heavy atom. The Hall–Kier alpha value is -2.48. The second-order valence-corrected chi connectivity index (χ2v) is 6.62. The van der Waals surface area contributed by atoms with Gasteiger partial charge in [-0.1, -0.05) is 17.8 Å². The van der Waals surface area contributed by atoms with Crippen LogP contribution in [0.25, 0.3) is 0 Å². The molecule has 3 aliphatic heterocycles. The first-order valence-corrected chi connectivity index (χ1v) is 8.89. The minimum Gasteiger partial charge on any atom is -0.463 e. The number of carbonyl (C=O) groups excluding carboxylic acids is 2. The number of hydrogen-bond donors (Lipinski definition) is 0. The zero-order valence-corrected chi connectivity index (χ0v) is 14.6. The second kappa shape index (κ2) is 6.11. The van der Waals surface area contributed by atoms with Gasteiger partial charge < -0.3 is 14.2 Å². The standard InChI is InChI=1S/C17H16N2O5S/c1-3-22-16(21)14-9(2)18-17-19(13(20)7-25-17)15(14)10-4-5-11-12(6-10)24-8-23-11/h4-6,15H,3,7-8H2,1-2H3. The van der Waals surface area contributed by atoms with E-state index in [2.05, 4.69) is 4.99 Å². The normalized spacial score (nSPS) is 21.4. The fourth-order valence-electron chi connectivity index (χ4n) is 3.11. The quantitative estimate of drug-likeness (QED) is 0.770. The van der Waals surface area contributed by atoms with E-state index in [4.69, 9.17) is 14.2 Å². The maximum absolute atomic E-state index is 12.6. The van der Waals surface area contributed by atoms with Crippen molar-refractivity contribution in [2.45, 2.75) is 19.9 Å². The zero-order valence-electron chi connectivity index (χ0n) is 13.8. The van der Waals surface area contributed by atoms with Crippen LogP contribution in [0.15, 0.2) is 34.5 Å². The summed E-state index contributed by atoms with van der Waals surface area (Å²) >= 11 is 1.37. The average molecular weight is 360 g/mol. The van der Waals surface area contributed by atoms with Gasteiger partial charge in [0.1, 0.15) is 0 Å². The van der Waals surface area contributed by atoms with Crippen molar-refractivity contribution in [2.24, 2.45) is 4.99 Å². The molecule has 0 spiro atoms. The SMILES string of the molecule is CCOC(=O)C1=C(C)N=C2SCC(=O)N2C1c1ccc2c(c1)OCO2. The van der Waals surface area contributed by atoms with Crippen LogP contribution in [0.3, 0.4) is 0 Å². The predicted molar refractivity (Wildman–Crippen MR) is 91.4 cm³/mol. The molecule has 1 amide bonds. The van der Waals surface area contributed by atoms with E-state index in [0.717, 1.165) is 5.56 Å². The third-order valence-corrected chi connectivity index (χ3v) is 5.13. The van der Waals surface area contributed by atoms with E-state index in [-0.39, 0.29) is 19.3 Å². The number of hydrogen-bond acceptors (Lipinski definition) is 7. The van der Waals surface area contributed by atoms with Gasteiger partial charge in [-0.15, -0.1) is 0 Å². The lowest BCUT2D eigenvalue weighted by atomic mass is 9.94. The number of ether oxygens (including phenoxy) is 3. The molecule has 0 N–H and O–H groups in total. The molecule has 1 unspecified atom stereocenters. The molecular weight excluding hydrogens is 344 g/mol. The van der Waals surface area contributed by atoms with Crippen molar-refractivity contribution in [3.8, 4) is 11.5 Å². The van der Waals surface area contributed by atoms with Crippen molar-refractivity contribution >= 4 is 28.8 Å². The Kier molecular flexibility index (Phi) is 3.91. The number of rotatable bonds is 3. The Labute approximate surface area is 148 Å². The van der Waals surface area contributed by atoms with Gasteiger partial charge >= 0.3 is 5.97 Å². The number of carbonyl (C=O) groups is 2. The molecule has 1 aromatic carbocycles. The molecule has 0 saturated carbocycles. The molecule has 1 aromatic rings. The molecule has 3 aliphatic rings. The highest BCUT2D eigenvalue weighted by Crippen LogP contribution is 2.43. The molecule has 4 rings (SSSR count). The van der Waals surface area contributed by atoms with Crippen LogP contribution < -0.4 is 9.47 Å². The number of amidine groups is 1. The second-order valence-electron chi connectivity index (χ2n) is 5.68. The van der Waals surface area contributed by atoms with E-state index in [1.165, 1.54) is 11.8 Å². The van der Waals surface area contributed by atoms with Gasteiger partial charge in [0, 0.05) is 0 Å². The summed E-state index contributed by atoms with van der Waals surface area (Å²) in [6.45, 7) is 3.93. The fourth-order valence-corrected chi connectivity index (χ4v) is 4.05. The Bertz CT molecular complexity index is 832. The van der Waals surface area contributed by atoms with Crippen molar-refractivity contribution in [2.75, 3.05) is 19.2 Å². The minimum absolute atomic E-state index is 0.0827. The third kappa shape index (κ3) is 2.57. The highest BCUT2D eigenvalue weighted by molar-refractivity contribution is 8.15. The minimum atomic E-state index is -0.580. The van der Waals surface area contributed by atoms with E-state index in [0.29, 0.717) is 33.7 Å². The van der Waals surface area contributed by atoms with Gasteiger partial charge in [0.2, 0.25) is 12.7 Å². The van der Waals surface area contributed by atoms with Gasteiger partial charge in [0.25, 0.3) is 0 Å². The molecule has 0 aromatic heterocycles. The molecule has 0 bridgehead atoms. The predicted octanol–water partition coefficient (Wildman–Crippen LogP) is 2.24. The summed E-state index contributed by atoms with van der Waals surface area (Å²) in [6.07, 6.45) is 0.